The number of carbonyl (C=O) groups is 2. The lowest BCUT2D eigenvalue weighted by Crippen LogP contribution is -2.27. The fraction of sp³-hybridized carbons (Fsp3) is 0.444. The van der Waals surface area contributed by atoms with Crippen LogP contribution >= 0.6 is 15.9 Å². The molecular formula is C36H49BrFN7O11S. The van der Waals surface area contributed by atoms with Crippen molar-refractivity contribution in [3.8, 4) is 0 Å². The summed E-state index contributed by atoms with van der Waals surface area (Å²) in [6.07, 6.45) is 4.15. The molecule has 0 unspecified atom stereocenters. The molecule has 0 bridgehead atoms. The SMILES string of the molecule is CN(CC=CC(=O)O)CCOCCOCCOCCOCCOCCOCCNS(=O)(=O)c1ccc(Nc2ncc(Br)c(Nc3cccc(F)c3C(N)=O)n2)cc1. The number of hydrogen-bond acceptors (Lipinski definition) is 15. The Morgan fingerprint density at radius 2 is 1.42 bits per heavy atom. The van der Waals surface area contributed by atoms with Crippen LogP contribution in [0.25, 0.3) is 0 Å². The molecule has 6 N–H and O–H groups in total. The quantitative estimate of drug-likeness (QED) is 0.0462. The maximum absolute atomic E-state index is 14.2. The molecule has 1 heterocycles. The zero-order valence-electron chi connectivity index (χ0n) is 31.5. The molecule has 0 aliphatic heterocycles. The Morgan fingerprint density at radius 1 is 0.860 bits per heavy atom. The van der Waals surface area contributed by atoms with Crippen LogP contribution in [0.2, 0.25) is 0 Å². The second kappa shape index (κ2) is 26.7. The summed E-state index contributed by atoms with van der Waals surface area (Å²) in [6.45, 7) is 5.93. The first-order valence-electron chi connectivity index (χ1n) is 17.8. The van der Waals surface area contributed by atoms with Crippen LogP contribution in [-0.2, 0) is 43.2 Å². The van der Waals surface area contributed by atoms with E-state index in [2.05, 4.69) is 41.3 Å². The van der Waals surface area contributed by atoms with Gasteiger partial charge in [0, 0.05) is 37.6 Å². The van der Waals surface area contributed by atoms with Crippen molar-refractivity contribution in [1.82, 2.24) is 19.6 Å². The third-order valence-corrected chi connectivity index (χ3v) is 9.43. The molecule has 18 nitrogen and oxygen atoms in total. The van der Waals surface area contributed by atoms with E-state index in [0.717, 1.165) is 12.1 Å². The Hall–Kier alpha value is -4.16. The summed E-state index contributed by atoms with van der Waals surface area (Å²) in [5.41, 5.74) is 5.64. The number of benzene rings is 2. The minimum absolute atomic E-state index is 0.0449. The van der Waals surface area contributed by atoms with Crippen molar-refractivity contribution >= 4 is 61.0 Å². The molecule has 0 aliphatic carbocycles. The fourth-order valence-corrected chi connectivity index (χ4v) is 5.85. The molecule has 57 heavy (non-hydrogen) atoms. The summed E-state index contributed by atoms with van der Waals surface area (Å²) in [5.74, 6) is -2.31. The lowest BCUT2D eigenvalue weighted by atomic mass is 10.1. The molecule has 0 aliphatic rings. The van der Waals surface area contributed by atoms with Crippen molar-refractivity contribution in [2.24, 2.45) is 5.73 Å². The summed E-state index contributed by atoms with van der Waals surface area (Å²) in [6, 6.07) is 9.96. The first-order valence-corrected chi connectivity index (χ1v) is 20.0. The molecule has 0 fully saturated rings. The van der Waals surface area contributed by atoms with Gasteiger partial charge < -0.3 is 54.8 Å². The van der Waals surface area contributed by atoms with E-state index in [1.807, 2.05) is 11.9 Å². The molecule has 0 saturated carbocycles. The van der Waals surface area contributed by atoms with Crippen LogP contribution in [0.15, 0.2) is 70.2 Å². The predicted molar refractivity (Wildman–Crippen MR) is 212 cm³/mol. The van der Waals surface area contributed by atoms with Crippen LogP contribution < -0.4 is 21.1 Å². The van der Waals surface area contributed by atoms with Crippen molar-refractivity contribution in [3.63, 3.8) is 0 Å². The number of likely N-dealkylation sites (N-methyl/N-ethyl adjacent to an activating group) is 1. The van der Waals surface area contributed by atoms with Gasteiger partial charge in [0.15, 0.2) is 0 Å². The lowest BCUT2D eigenvalue weighted by Gasteiger charge is -2.14. The van der Waals surface area contributed by atoms with Gasteiger partial charge in [-0.15, -0.1) is 0 Å². The minimum atomic E-state index is -3.80. The number of carbonyl (C=O) groups excluding carboxylic acids is 1. The zero-order chi connectivity index (χ0) is 41.3. The fourth-order valence-electron chi connectivity index (χ4n) is 4.55. The Kier molecular flexibility index (Phi) is 22.1. The van der Waals surface area contributed by atoms with Crippen molar-refractivity contribution in [3.05, 3.63) is 76.7 Å². The Balaban J connectivity index is 1.17. The first kappa shape index (κ1) is 47.2. The number of nitrogens with two attached hydrogens (primary N) is 1. The van der Waals surface area contributed by atoms with Crippen molar-refractivity contribution < 1.29 is 55.9 Å². The third kappa shape index (κ3) is 19.2. The maximum Gasteiger partial charge on any atom is 0.328 e. The highest BCUT2D eigenvalue weighted by Gasteiger charge is 2.17. The summed E-state index contributed by atoms with van der Waals surface area (Å²) in [7, 11) is -1.92. The van der Waals surface area contributed by atoms with Crippen LogP contribution in [0.3, 0.4) is 0 Å². The van der Waals surface area contributed by atoms with Gasteiger partial charge >= 0.3 is 5.97 Å². The van der Waals surface area contributed by atoms with E-state index in [1.54, 1.807) is 18.2 Å². The average Bonchev–Trinajstić information content (AvgIpc) is 3.16. The number of aromatic nitrogens is 2. The first-order chi connectivity index (χ1) is 27.5. The zero-order valence-corrected chi connectivity index (χ0v) is 33.9. The summed E-state index contributed by atoms with van der Waals surface area (Å²) >= 11 is 3.32. The number of ether oxygens (including phenoxy) is 6. The van der Waals surface area contributed by atoms with Gasteiger partial charge in [0.25, 0.3) is 5.91 Å². The number of primary amides is 1. The number of nitrogens with zero attached hydrogens (tertiary/aromatic N) is 3. The van der Waals surface area contributed by atoms with E-state index in [4.69, 9.17) is 39.3 Å². The molecule has 1 amide bonds. The van der Waals surface area contributed by atoms with Crippen LogP contribution in [0.5, 0.6) is 0 Å². The van der Waals surface area contributed by atoms with Gasteiger partial charge in [0.05, 0.1) is 99.9 Å². The molecule has 1 aromatic heterocycles. The van der Waals surface area contributed by atoms with Gasteiger partial charge in [0.1, 0.15) is 11.6 Å². The molecule has 3 aromatic rings. The average molecular weight is 887 g/mol. The van der Waals surface area contributed by atoms with Crippen molar-refractivity contribution in [2.45, 2.75) is 4.90 Å². The van der Waals surface area contributed by atoms with E-state index >= 15 is 0 Å². The highest BCUT2D eigenvalue weighted by Crippen LogP contribution is 2.28. The highest BCUT2D eigenvalue weighted by molar-refractivity contribution is 9.10. The lowest BCUT2D eigenvalue weighted by molar-refractivity contribution is -0.131. The normalized spacial score (nSPS) is 11.7. The molecular weight excluding hydrogens is 837 g/mol. The number of carboxylic acids is 1. The highest BCUT2D eigenvalue weighted by atomic mass is 79.9. The van der Waals surface area contributed by atoms with E-state index in [-0.39, 0.29) is 47.7 Å². The van der Waals surface area contributed by atoms with Crippen LogP contribution in [0.1, 0.15) is 10.4 Å². The second-order valence-electron chi connectivity index (χ2n) is 11.8. The maximum atomic E-state index is 14.2. The number of amides is 1. The summed E-state index contributed by atoms with van der Waals surface area (Å²) in [4.78, 5) is 32.8. The second-order valence-corrected chi connectivity index (χ2v) is 14.4. The molecule has 0 saturated heterocycles. The molecule has 3 rings (SSSR count). The number of nitrogens with one attached hydrogen (secondary N) is 3. The van der Waals surface area contributed by atoms with Gasteiger partial charge in [-0.05, 0) is 59.4 Å². The number of aliphatic carboxylic acids is 1. The Morgan fingerprint density at radius 3 is 1.98 bits per heavy atom. The third-order valence-electron chi connectivity index (χ3n) is 7.37. The van der Waals surface area contributed by atoms with Gasteiger partial charge in [-0.2, -0.15) is 4.98 Å². The van der Waals surface area contributed by atoms with Gasteiger partial charge in [-0.25, -0.2) is 27.3 Å². The predicted octanol–water partition coefficient (Wildman–Crippen LogP) is 2.91. The largest absolute Gasteiger partial charge is 0.478 e. The molecule has 2 aromatic carbocycles. The number of sulfonamides is 1. The van der Waals surface area contributed by atoms with Crippen LogP contribution in [-0.4, -0.2) is 146 Å². The van der Waals surface area contributed by atoms with E-state index in [9.17, 15) is 22.4 Å². The standard InChI is InChI=1S/C36H49BrFN7O11S/c1-45(12-3-6-32(46)47)13-15-52-17-19-54-21-23-56-25-24-55-22-20-53-18-16-51-14-11-41-57(49,50)28-9-7-27(8-10-28)42-36-40-26-29(37)35(44-36)43-31-5-2-4-30(38)33(31)34(39)48/h2-10,26,41H,11-25H2,1H3,(H2,39,48)(H,46,47)(H2,40,42,43,44). The number of halogens is 2. The molecule has 0 spiro atoms. The Labute approximate surface area is 339 Å². The summed E-state index contributed by atoms with van der Waals surface area (Å²) < 4.78 is 75.4. The number of hydrogen-bond donors (Lipinski definition) is 5. The smallest absolute Gasteiger partial charge is 0.328 e. The van der Waals surface area contributed by atoms with Crippen LogP contribution in [0, 0.1) is 5.82 Å². The number of rotatable bonds is 31. The van der Waals surface area contributed by atoms with Gasteiger partial charge in [-0.1, -0.05) is 12.1 Å². The molecule has 314 valence electrons. The van der Waals surface area contributed by atoms with E-state index in [1.165, 1.54) is 30.5 Å². The van der Waals surface area contributed by atoms with Crippen LogP contribution in [0.4, 0.5) is 27.5 Å². The van der Waals surface area contributed by atoms with E-state index in [0.29, 0.717) is 89.3 Å². The molecule has 0 atom stereocenters. The minimum Gasteiger partial charge on any atom is -0.478 e. The Bertz CT molecular complexity index is 1810. The molecule has 0 radical (unpaired) electrons. The van der Waals surface area contributed by atoms with Crippen molar-refractivity contribution in [1.29, 1.82) is 0 Å². The monoisotopic (exact) mass is 885 g/mol. The number of carboxylic acid groups (broad SMARTS) is 1. The van der Waals surface area contributed by atoms with Gasteiger partial charge in [0.2, 0.25) is 16.0 Å². The molecule has 21 heteroatoms. The number of anilines is 4. The van der Waals surface area contributed by atoms with E-state index < -0.39 is 27.7 Å². The van der Waals surface area contributed by atoms with Gasteiger partial charge in [-0.3, -0.25) is 4.79 Å². The van der Waals surface area contributed by atoms with Crippen molar-refractivity contribution in [2.75, 3.05) is 117 Å². The topological polar surface area (TPSA) is 235 Å². The summed E-state index contributed by atoms with van der Waals surface area (Å²) in [5, 5.41) is 14.4.